The summed E-state index contributed by atoms with van der Waals surface area (Å²) in [5, 5.41) is 9.33. The van der Waals surface area contributed by atoms with Gasteiger partial charge >= 0.3 is 17.9 Å². The molecule has 0 aromatic heterocycles. The molecule has 0 aliphatic rings. The second-order valence-corrected chi connectivity index (χ2v) is 9.45. The van der Waals surface area contributed by atoms with Gasteiger partial charge in [0.25, 0.3) is 0 Å². The Balaban J connectivity index is 4.69. The van der Waals surface area contributed by atoms with Gasteiger partial charge in [0, 0.05) is 28.0 Å². The average Bonchev–Trinajstić information content (AvgIpc) is 2.37. The van der Waals surface area contributed by atoms with Crippen LogP contribution in [0.3, 0.4) is 0 Å². The fraction of sp³-hybridized carbons (Fsp3) is 0.786. The summed E-state index contributed by atoms with van der Waals surface area (Å²) in [6.07, 6.45) is 2.37. The van der Waals surface area contributed by atoms with Gasteiger partial charge < -0.3 is 19.3 Å². The molecule has 0 rings (SSSR count). The summed E-state index contributed by atoms with van der Waals surface area (Å²) >= 11 is 0. The van der Waals surface area contributed by atoms with E-state index in [-0.39, 0.29) is 44.3 Å². The molecule has 0 saturated carbocycles. The first-order valence-electron chi connectivity index (χ1n) is 7.17. The number of aliphatic hydroxyl groups excluding tert-OH is 1. The smallest absolute Gasteiger partial charge is 0.302 e. The minimum absolute atomic E-state index is 0.00596. The van der Waals surface area contributed by atoms with Gasteiger partial charge in [-0.15, -0.1) is 0 Å². The van der Waals surface area contributed by atoms with Crippen LogP contribution in [0.5, 0.6) is 0 Å². The molecule has 0 heterocycles. The fourth-order valence-corrected chi connectivity index (χ4v) is 5.23. The first kappa shape index (κ1) is 20.8. The number of hydrogen-bond acceptors (Lipinski definition) is 7. The third-order valence-electron chi connectivity index (χ3n) is 3.19. The zero-order valence-corrected chi connectivity index (χ0v) is 14.4. The Morgan fingerprint density at radius 1 is 0.727 bits per heavy atom. The van der Waals surface area contributed by atoms with Crippen LogP contribution in [0.15, 0.2) is 0 Å². The molecule has 128 valence electrons. The summed E-state index contributed by atoms with van der Waals surface area (Å²) in [7, 11) is -1.75. The first-order chi connectivity index (χ1) is 10.3. The molecule has 0 aromatic carbocycles. The van der Waals surface area contributed by atoms with E-state index in [9.17, 15) is 19.5 Å². The van der Waals surface area contributed by atoms with E-state index in [2.05, 4.69) is 0 Å². The molecule has 0 aliphatic carbocycles. The Bertz CT molecular complexity index is 320. The van der Waals surface area contributed by atoms with Gasteiger partial charge in [0.05, 0.1) is 31.3 Å². The number of hydrogen-bond donors (Lipinski definition) is 1. The van der Waals surface area contributed by atoms with Crippen LogP contribution in [0.1, 0.15) is 20.8 Å². The molecular weight excluding hydrogens is 311 g/mol. The summed E-state index contributed by atoms with van der Waals surface area (Å²) in [5.74, 6) is -1.08. The van der Waals surface area contributed by atoms with E-state index in [4.69, 9.17) is 14.2 Å². The van der Waals surface area contributed by atoms with Crippen LogP contribution in [0.4, 0.5) is 0 Å². The number of rotatable bonds is 11. The van der Waals surface area contributed by atoms with Crippen molar-refractivity contribution in [3.63, 3.8) is 0 Å². The summed E-state index contributed by atoms with van der Waals surface area (Å²) in [6, 6.07) is 0. The minimum atomic E-state index is -1.75. The molecule has 0 spiro atoms. The number of ether oxygens (including phenoxy) is 3. The van der Waals surface area contributed by atoms with E-state index in [0.29, 0.717) is 24.6 Å². The van der Waals surface area contributed by atoms with Crippen molar-refractivity contribution in [1.82, 2.24) is 0 Å². The lowest BCUT2D eigenvalue weighted by atomic mass is 10.7. The van der Waals surface area contributed by atoms with Gasteiger partial charge in [-0.1, -0.05) is 0 Å². The monoisotopic (exact) mass is 337 g/mol. The van der Waals surface area contributed by atoms with E-state index in [1.807, 2.05) is 0 Å². The number of carbonyl (C=O) groups excluding carboxylic acids is 3. The Morgan fingerprint density at radius 2 is 1.05 bits per heavy atom. The summed E-state index contributed by atoms with van der Waals surface area (Å²) in [4.78, 5) is 32.7. The fourth-order valence-electron chi connectivity index (χ4n) is 2.03. The summed E-state index contributed by atoms with van der Waals surface area (Å²) in [5.41, 5.74) is 0. The Labute approximate surface area is 131 Å². The number of carbonyl (C=O) groups is 3. The molecule has 0 aromatic rings. The van der Waals surface area contributed by atoms with Crippen molar-refractivity contribution >= 4 is 25.2 Å². The van der Waals surface area contributed by atoms with Crippen molar-refractivity contribution in [2.24, 2.45) is 0 Å². The van der Waals surface area contributed by atoms with Crippen LogP contribution in [0.2, 0.25) is 0 Å². The lowest BCUT2D eigenvalue weighted by molar-refractivity contribution is -0.141. The lowest BCUT2D eigenvalue weighted by Gasteiger charge is -2.26. The summed E-state index contributed by atoms with van der Waals surface area (Å²) in [6.45, 7) is 4.77. The van der Waals surface area contributed by atoms with Crippen molar-refractivity contribution in [3.05, 3.63) is 0 Å². The molecule has 0 atom stereocenters. The average molecular weight is 337 g/mol. The molecule has 0 fully saturated rings. The van der Waals surface area contributed by atoms with E-state index >= 15 is 0 Å². The van der Waals surface area contributed by atoms with E-state index < -0.39 is 7.26 Å². The van der Waals surface area contributed by atoms with Crippen molar-refractivity contribution in [2.75, 3.05) is 51.1 Å². The molecule has 0 unspecified atom stereocenters. The highest BCUT2D eigenvalue weighted by atomic mass is 31.2. The molecule has 7 nitrogen and oxygen atoms in total. The predicted octanol–water partition coefficient (Wildman–Crippen LogP) is 0.686. The predicted molar refractivity (Wildman–Crippen MR) is 83.4 cm³/mol. The van der Waals surface area contributed by atoms with Crippen LogP contribution in [-0.2, 0) is 28.6 Å². The maximum absolute atomic E-state index is 10.9. The zero-order chi connectivity index (χ0) is 17.0. The van der Waals surface area contributed by atoms with E-state index in [0.717, 1.165) is 0 Å². The highest BCUT2D eigenvalue weighted by Gasteiger charge is 2.37. The highest BCUT2D eigenvalue weighted by molar-refractivity contribution is 7.76. The summed E-state index contributed by atoms with van der Waals surface area (Å²) < 4.78 is 15.0. The van der Waals surface area contributed by atoms with Crippen molar-refractivity contribution in [3.8, 4) is 0 Å². The van der Waals surface area contributed by atoms with Crippen LogP contribution >= 0.6 is 7.26 Å². The van der Waals surface area contributed by atoms with Crippen molar-refractivity contribution < 1.29 is 33.7 Å². The molecular formula is C14H26O7P+. The largest absolute Gasteiger partial charge is 0.462 e. The quantitative estimate of drug-likeness (QED) is 0.336. The normalized spacial score (nSPS) is 10.9. The second-order valence-electron chi connectivity index (χ2n) is 4.98. The van der Waals surface area contributed by atoms with E-state index in [1.165, 1.54) is 20.8 Å². The third kappa shape index (κ3) is 10.5. The first-order valence-corrected chi connectivity index (χ1v) is 9.70. The van der Waals surface area contributed by atoms with Crippen LogP contribution in [0.25, 0.3) is 0 Å². The molecule has 0 aliphatic heterocycles. The standard InChI is InChI=1S/C14H26O7P/c1-12(16)19-5-9-22(8-4-15,10-6-20-13(2)17)11-7-21-14(3)18/h15H,4-11H2,1-3H3/q+1. The second kappa shape index (κ2) is 11.4. The van der Waals surface area contributed by atoms with Crippen LogP contribution in [0, 0.1) is 0 Å². The minimum Gasteiger partial charge on any atom is -0.462 e. The van der Waals surface area contributed by atoms with Crippen molar-refractivity contribution in [2.45, 2.75) is 20.8 Å². The Hall–Kier alpha value is -1.20. The molecule has 0 amide bonds. The number of aliphatic hydroxyl groups is 1. The molecule has 8 heteroatoms. The lowest BCUT2D eigenvalue weighted by Crippen LogP contribution is -2.23. The van der Waals surface area contributed by atoms with Gasteiger partial charge in [-0.2, -0.15) is 0 Å². The Kier molecular flexibility index (Phi) is 10.8. The molecule has 22 heavy (non-hydrogen) atoms. The Morgan fingerprint density at radius 3 is 1.27 bits per heavy atom. The maximum Gasteiger partial charge on any atom is 0.302 e. The zero-order valence-electron chi connectivity index (χ0n) is 13.5. The van der Waals surface area contributed by atoms with Gasteiger partial charge in [-0.05, 0) is 0 Å². The van der Waals surface area contributed by atoms with Crippen molar-refractivity contribution in [1.29, 1.82) is 0 Å². The topological polar surface area (TPSA) is 99.1 Å². The number of esters is 3. The molecule has 0 radical (unpaired) electrons. The highest BCUT2D eigenvalue weighted by Crippen LogP contribution is 2.57. The molecule has 1 N–H and O–H groups in total. The van der Waals surface area contributed by atoms with Gasteiger partial charge in [-0.25, -0.2) is 0 Å². The third-order valence-corrected chi connectivity index (χ3v) is 7.73. The molecule has 0 bridgehead atoms. The van der Waals surface area contributed by atoms with Crippen LogP contribution in [-0.4, -0.2) is 74.1 Å². The molecule has 0 saturated heterocycles. The SMILES string of the molecule is CC(=O)OCC[P+](CCO)(CCOC(C)=O)CCOC(C)=O. The van der Waals surface area contributed by atoms with E-state index in [1.54, 1.807) is 0 Å². The maximum atomic E-state index is 10.9. The van der Waals surface area contributed by atoms with Gasteiger partial charge in [-0.3, -0.25) is 14.4 Å². The van der Waals surface area contributed by atoms with Gasteiger partial charge in [0.2, 0.25) is 0 Å². The van der Waals surface area contributed by atoms with Gasteiger partial charge in [0.1, 0.15) is 19.8 Å². The van der Waals surface area contributed by atoms with Crippen LogP contribution < -0.4 is 0 Å². The van der Waals surface area contributed by atoms with Gasteiger partial charge in [0.15, 0.2) is 0 Å².